The van der Waals surface area contributed by atoms with E-state index in [1.54, 1.807) is 23.6 Å². The van der Waals surface area contributed by atoms with E-state index in [-0.39, 0.29) is 10.6 Å². The van der Waals surface area contributed by atoms with Crippen molar-refractivity contribution >= 4 is 63.0 Å². The average Bonchev–Trinajstić information content (AvgIpc) is 2.98. The van der Waals surface area contributed by atoms with Gasteiger partial charge in [0.05, 0.1) is 10.7 Å². The van der Waals surface area contributed by atoms with Crippen LogP contribution in [0.5, 0.6) is 0 Å². The van der Waals surface area contributed by atoms with Crippen LogP contribution < -0.4 is 5.56 Å². The lowest BCUT2D eigenvalue weighted by atomic mass is 10.3. The summed E-state index contributed by atoms with van der Waals surface area (Å²) >= 11 is 14.7. The van der Waals surface area contributed by atoms with Crippen molar-refractivity contribution in [1.29, 1.82) is 0 Å². The second-order valence-corrected chi connectivity index (χ2v) is 7.20. The van der Waals surface area contributed by atoms with Gasteiger partial charge in [0.25, 0.3) is 5.56 Å². The highest BCUT2D eigenvalue weighted by Gasteiger charge is 2.11. The van der Waals surface area contributed by atoms with E-state index in [0.717, 1.165) is 9.88 Å². The predicted molar refractivity (Wildman–Crippen MR) is 85.1 cm³/mol. The zero-order valence-corrected chi connectivity index (χ0v) is 13.3. The zero-order chi connectivity index (χ0) is 14.3. The molecule has 3 heterocycles. The van der Waals surface area contributed by atoms with Crippen LogP contribution in [0.2, 0.25) is 9.36 Å². The molecule has 0 unspecified atom stereocenters. The molecule has 0 amide bonds. The Hall–Kier alpha value is -1.21. The molecule has 0 N–H and O–H groups in total. The lowest BCUT2D eigenvalue weighted by Crippen LogP contribution is -2.14. The van der Waals surface area contributed by atoms with E-state index in [1.807, 2.05) is 13.0 Å². The third-order valence-corrected chi connectivity index (χ3v) is 4.85. The van der Waals surface area contributed by atoms with Crippen molar-refractivity contribution in [1.82, 2.24) is 14.4 Å². The van der Waals surface area contributed by atoms with E-state index in [0.29, 0.717) is 15.0 Å². The Kier molecular flexibility index (Phi) is 3.64. The summed E-state index contributed by atoms with van der Waals surface area (Å²) in [6.07, 6.45) is 6.83. The summed E-state index contributed by atoms with van der Waals surface area (Å²) in [6.45, 7) is 1.93. The molecule has 4 nitrogen and oxygen atoms in total. The van der Waals surface area contributed by atoms with Gasteiger partial charge in [0, 0.05) is 17.3 Å². The van der Waals surface area contributed by atoms with Crippen LogP contribution in [0.4, 0.5) is 0 Å². The molecule has 0 aliphatic carbocycles. The summed E-state index contributed by atoms with van der Waals surface area (Å²) in [5, 5.41) is 1.05. The first-order valence-electron chi connectivity index (χ1n) is 5.52. The molecule has 0 atom stereocenters. The highest BCUT2D eigenvalue weighted by Crippen LogP contribution is 2.23. The van der Waals surface area contributed by atoms with Crippen LogP contribution in [0.25, 0.3) is 17.1 Å². The van der Waals surface area contributed by atoms with E-state index < -0.39 is 0 Å². The molecule has 0 aliphatic rings. The van der Waals surface area contributed by atoms with Crippen molar-refractivity contribution in [3.63, 3.8) is 0 Å². The number of hydrogen-bond donors (Lipinski definition) is 0. The number of fused-ring (bicyclic) bond motifs is 1. The number of nitrogens with zero attached hydrogens (tertiary/aromatic N) is 3. The van der Waals surface area contributed by atoms with E-state index in [4.69, 9.17) is 23.2 Å². The van der Waals surface area contributed by atoms with Crippen molar-refractivity contribution in [2.45, 2.75) is 6.92 Å². The molecule has 0 aromatic carbocycles. The third-order valence-electron chi connectivity index (χ3n) is 2.52. The third kappa shape index (κ3) is 2.52. The van der Waals surface area contributed by atoms with E-state index >= 15 is 0 Å². The fraction of sp³-hybridized carbons (Fsp3) is 0.0833. The van der Waals surface area contributed by atoms with Crippen molar-refractivity contribution in [3.05, 3.63) is 47.7 Å². The van der Waals surface area contributed by atoms with Crippen molar-refractivity contribution in [2.75, 3.05) is 0 Å². The largest absolute Gasteiger partial charge is 0.277 e. The normalized spacial score (nSPS) is 11.8. The number of halogens is 2. The van der Waals surface area contributed by atoms with Gasteiger partial charge in [0.1, 0.15) is 9.36 Å². The molecule has 0 spiro atoms. The smallest absolute Gasteiger partial charge is 0.267 e. The Labute approximate surface area is 132 Å². The van der Waals surface area contributed by atoms with Gasteiger partial charge in [-0.25, -0.2) is 9.97 Å². The van der Waals surface area contributed by atoms with Crippen LogP contribution in [0, 0.1) is 6.92 Å². The number of thiazole rings is 2. The van der Waals surface area contributed by atoms with Gasteiger partial charge in [-0.2, -0.15) is 0 Å². The lowest BCUT2D eigenvalue weighted by Gasteiger charge is -1.98. The van der Waals surface area contributed by atoms with Gasteiger partial charge in [0.15, 0.2) is 4.96 Å². The topological polar surface area (TPSA) is 47.3 Å². The zero-order valence-electron chi connectivity index (χ0n) is 10.1. The number of rotatable bonds is 2. The summed E-state index contributed by atoms with van der Waals surface area (Å²) in [4.78, 5) is 22.1. The molecule has 8 heteroatoms. The highest BCUT2D eigenvalue weighted by molar-refractivity contribution is 7.20. The summed E-state index contributed by atoms with van der Waals surface area (Å²) in [5.41, 5.74) is 0.112. The minimum absolute atomic E-state index is 0.0782. The molecule has 0 aliphatic heterocycles. The standard InChI is InChI=1S/C12H7Cl2N3OS2/c1-6-15-4-7(19-6)2-3-8-10(14)11(18)17-5-9(13)20-12(17)16-8/h2-5H,1H3. The summed E-state index contributed by atoms with van der Waals surface area (Å²) < 4.78 is 1.84. The molecule has 20 heavy (non-hydrogen) atoms. The maximum Gasteiger partial charge on any atom is 0.277 e. The minimum Gasteiger partial charge on any atom is -0.267 e. The molecule has 3 aromatic rings. The molecule has 0 saturated heterocycles. The van der Waals surface area contributed by atoms with Crippen LogP contribution in [0.3, 0.4) is 0 Å². The molecular weight excluding hydrogens is 337 g/mol. The maximum atomic E-state index is 12.1. The van der Waals surface area contributed by atoms with Crippen LogP contribution >= 0.6 is 45.9 Å². The molecule has 102 valence electrons. The van der Waals surface area contributed by atoms with E-state index in [1.165, 1.54) is 21.9 Å². The maximum absolute atomic E-state index is 12.1. The van der Waals surface area contributed by atoms with Crippen molar-refractivity contribution in [3.8, 4) is 0 Å². The second kappa shape index (κ2) is 5.29. The molecule has 0 radical (unpaired) electrons. The lowest BCUT2D eigenvalue weighted by molar-refractivity contribution is 1.07. The van der Waals surface area contributed by atoms with Crippen LogP contribution in [-0.2, 0) is 0 Å². The minimum atomic E-state index is -0.319. The second-order valence-electron chi connectivity index (χ2n) is 3.92. The van der Waals surface area contributed by atoms with Crippen molar-refractivity contribution in [2.24, 2.45) is 0 Å². The molecule has 3 aromatic heterocycles. The van der Waals surface area contributed by atoms with Gasteiger partial charge >= 0.3 is 0 Å². The first-order valence-corrected chi connectivity index (χ1v) is 7.91. The van der Waals surface area contributed by atoms with Gasteiger partial charge in [0.2, 0.25) is 0 Å². The predicted octanol–water partition coefficient (Wildman–Crippen LogP) is 4.00. The Balaban J connectivity index is 2.09. The fourth-order valence-corrected chi connectivity index (χ4v) is 3.53. The molecule has 3 rings (SSSR count). The van der Waals surface area contributed by atoms with Crippen LogP contribution in [-0.4, -0.2) is 14.4 Å². The average molecular weight is 344 g/mol. The Bertz CT molecular complexity index is 879. The van der Waals surface area contributed by atoms with Gasteiger partial charge in [-0.3, -0.25) is 9.20 Å². The van der Waals surface area contributed by atoms with Crippen LogP contribution in [0.15, 0.2) is 17.2 Å². The van der Waals surface area contributed by atoms with Crippen LogP contribution in [0.1, 0.15) is 15.6 Å². The van der Waals surface area contributed by atoms with E-state index in [9.17, 15) is 4.79 Å². The first kappa shape index (κ1) is 13.8. The summed E-state index contributed by atoms with van der Waals surface area (Å²) in [6, 6.07) is 0. The summed E-state index contributed by atoms with van der Waals surface area (Å²) in [7, 11) is 0. The molecular formula is C12H7Cl2N3OS2. The van der Waals surface area contributed by atoms with Gasteiger partial charge < -0.3 is 0 Å². The number of aromatic nitrogens is 3. The monoisotopic (exact) mass is 343 g/mol. The molecule has 0 saturated carbocycles. The number of hydrogen-bond acceptors (Lipinski definition) is 5. The Morgan fingerprint density at radius 2 is 2.10 bits per heavy atom. The molecule has 0 fully saturated rings. The SMILES string of the molecule is Cc1ncc(C=Cc2nc3sc(Cl)cn3c(=O)c2Cl)s1. The van der Waals surface area contributed by atoms with Crippen molar-refractivity contribution < 1.29 is 0 Å². The Morgan fingerprint density at radius 1 is 1.30 bits per heavy atom. The van der Waals surface area contributed by atoms with Gasteiger partial charge in [-0.05, 0) is 19.1 Å². The number of aryl methyl sites for hydroxylation is 1. The summed E-state index contributed by atoms with van der Waals surface area (Å²) in [5.74, 6) is 0. The van der Waals surface area contributed by atoms with Gasteiger partial charge in [-0.15, -0.1) is 11.3 Å². The quantitative estimate of drug-likeness (QED) is 0.706. The van der Waals surface area contributed by atoms with Gasteiger partial charge in [-0.1, -0.05) is 34.5 Å². The Morgan fingerprint density at radius 3 is 2.80 bits per heavy atom. The fourth-order valence-electron chi connectivity index (χ4n) is 1.64. The molecule has 0 bridgehead atoms. The van der Waals surface area contributed by atoms with E-state index in [2.05, 4.69) is 9.97 Å². The highest BCUT2D eigenvalue weighted by atomic mass is 35.5. The first-order chi connectivity index (χ1) is 9.54.